The number of halogens is 1. The molecule has 2 aromatic rings. The van der Waals surface area contributed by atoms with Crippen molar-refractivity contribution >= 4 is 15.9 Å². The smallest absolute Gasteiger partial charge is 0.0624 e. The summed E-state index contributed by atoms with van der Waals surface area (Å²) in [5, 5.41) is 4.46. The molecule has 1 atom stereocenters. The van der Waals surface area contributed by atoms with Crippen molar-refractivity contribution in [1.82, 2.24) is 9.78 Å². The Kier molecular flexibility index (Phi) is 4.77. The maximum Gasteiger partial charge on any atom is 0.0624 e. The summed E-state index contributed by atoms with van der Waals surface area (Å²) in [5.41, 5.74) is 9.86. The summed E-state index contributed by atoms with van der Waals surface area (Å²) in [5.74, 6) is 0. The average molecular weight is 322 g/mol. The molecule has 102 valence electrons. The molecular weight excluding hydrogens is 302 g/mol. The van der Waals surface area contributed by atoms with E-state index in [1.54, 1.807) is 0 Å². The lowest BCUT2D eigenvalue weighted by Crippen LogP contribution is -2.26. The van der Waals surface area contributed by atoms with Gasteiger partial charge in [0.1, 0.15) is 0 Å². The molecule has 2 rings (SSSR count). The van der Waals surface area contributed by atoms with E-state index >= 15 is 0 Å². The summed E-state index contributed by atoms with van der Waals surface area (Å²) in [7, 11) is 1.99. The van der Waals surface area contributed by atoms with Crippen molar-refractivity contribution in [3.8, 4) is 0 Å². The van der Waals surface area contributed by atoms with Gasteiger partial charge >= 0.3 is 0 Å². The molecule has 1 aromatic carbocycles. The fraction of sp³-hybridized carbons (Fsp3) is 0.400. The lowest BCUT2D eigenvalue weighted by Gasteiger charge is -2.11. The van der Waals surface area contributed by atoms with Gasteiger partial charge in [0, 0.05) is 29.7 Å². The molecule has 0 aliphatic carbocycles. The van der Waals surface area contributed by atoms with Gasteiger partial charge in [-0.15, -0.1) is 0 Å². The highest BCUT2D eigenvalue weighted by Crippen LogP contribution is 2.13. The van der Waals surface area contributed by atoms with Crippen LogP contribution in [-0.4, -0.2) is 15.8 Å². The van der Waals surface area contributed by atoms with Gasteiger partial charge in [0.2, 0.25) is 0 Å². The van der Waals surface area contributed by atoms with E-state index in [-0.39, 0.29) is 6.04 Å². The Labute approximate surface area is 122 Å². The second-order valence-corrected chi connectivity index (χ2v) is 5.81. The molecule has 0 fully saturated rings. The molecule has 0 radical (unpaired) electrons. The van der Waals surface area contributed by atoms with Crippen LogP contribution in [0.5, 0.6) is 0 Å². The molecule has 4 heteroatoms. The van der Waals surface area contributed by atoms with Crippen molar-refractivity contribution in [2.75, 3.05) is 0 Å². The maximum atomic E-state index is 6.24. The van der Waals surface area contributed by atoms with Crippen molar-refractivity contribution in [3.63, 3.8) is 0 Å². The second-order valence-electron chi connectivity index (χ2n) is 4.90. The Morgan fingerprint density at radius 1 is 1.26 bits per heavy atom. The van der Waals surface area contributed by atoms with Crippen LogP contribution in [0.3, 0.4) is 0 Å². The molecule has 1 aromatic heterocycles. The van der Waals surface area contributed by atoms with Gasteiger partial charge in [0.15, 0.2) is 0 Å². The van der Waals surface area contributed by atoms with Crippen LogP contribution >= 0.6 is 15.9 Å². The molecule has 3 nitrogen and oxygen atoms in total. The SMILES string of the molecule is CCc1cc(CC(N)Cc2ccc(Br)cc2)n(C)n1. The molecular formula is C15H20BrN3. The Morgan fingerprint density at radius 3 is 2.53 bits per heavy atom. The highest BCUT2D eigenvalue weighted by Gasteiger charge is 2.10. The van der Waals surface area contributed by atoms with Gasteiger partial charge in [-0.1, -0.05) is 35.0 Å². The zero-order valence-corrected chi connectivity index (χ0v) is 13.0. The third-order valence-corrected chi connectivity index (χ3v) is 3.80. The van der Waals surface area contributed by atoms with Crippen molar-refractivity contribution in [2.45, 2.75) is 32.2 Å². The lowest BCUT2D eigenvalue weighted by molar-refractivity contribution is 0.611. The fourth-order valence-electron chi connectivity index (χ4n) is 2.20. The summed E-state index contributed by atoms with van der Waals surface area (Å²) in [4.78, 5) is 0. The summed E-state index contributed by atoms with van der Waals surface area (Å²) in [6.45, 7) is 2.12. The zero-order valence-electron chi connectivity index (χ0n) is 11.4. The van der Waals surface area contributed by atoms with E-state index in [1.807, 2.05) is 11.7 Å². The van der Waals surface area contributed by atoms with Crippen LogP contribution in [0.25, 0.3) is 0 Å². The van der Waals surface area contributed by atoms with E-state index in [2.05, 4.69) is 58.3 Å². The predicted octanol–water partition coefficient (Wildman–Crippen LogP) is 2.86. The molecule has 19 heavy (non-hydrogen) atoms. The van der Waals surface area contributed by atoms with E-state index in [1.165, 1.54) is 11.3 Å². The zero-order chi connectivity index (χ0) is 13.8. The van der Waals surface area contributed by atoms with Crippen LogP contribution in [-0.2, 0) is 26.3 Å². The van der Waals surface area contributed by atoms with E-state index in [4.69, 9.17) is 5.73 Å². The number of benzene rings is 1. The van der Waals surface area contributed by atoms with Gasteiger partial charge in [-0.2, -0.15) is 5.10 Å². The Balaban J connectivity index is 1.98. The number of hydrogen-bond acceptors (Lipinski definition) is 2. The number of aromatic nitrogens is 2. The van der Waals surface area contributed by atoms with Gasteiger partial charge in [0.05, 0.1) is 5.69 Å². The third kappa shape index (κ3) is 3.91. The van der Waals surface area contributed by atoms with Crippen LogP contribution in [0, 0.1) is 0 Å². The third-order valence-electron chi connectivity index (χ3n) is 3.27. The van der Waals surface area contributed by atoms with Crippen LogP contribution in [0.2, 0.25) is 0 Å². The van der Waals surface area contributed by atoms with Gasteiger partial charge in [-0.05, 0) is 36.6 Å². The molecule has 0 bridgehead atoms. The normalized spacial score (nSPS) is 12.6. The van der Waals surface area contributed by atoms with Crippen LogP contribution in [0.15, 0.2) is 34.8 Å². The number of hydrogen-bond donors (Lipinski definition) is 1. The minimum atomic E-state index is 0.126. The maximum absolute atomic E-state index is 6.24. The molecule has 0 aliphatic heterocycles. The minimum Gasteiger partial charge on any atom is -0.327 e. The van der Waals surface area contributed by atoms with Gasteiger partial charge < -0.3 is 5.73 Å². The Hall–Kier alpha value is -1.13. The molecule has 2 N–H and O–H groups in total. The van der Waals surface area contributed by atoms with E-state index in [0.717, 1.165) is 29.4 Å². The monoisotopic (exact) mass is 321 g/mol. The highest BCUT2D eigenvalue weighted by molar-refractivity contribution is 9.10. The molecule has 0 aliphatic rings. The van der Waals surface area contributed by atoms with Crippen LogP contribution < -0.4 is 5.73 Å². The van der Waals surface area contributed by atoms with Gasteiger partial charge in [-0.25, -0.2) is 0 Å². The van der Waals surface area contributed by atoms with Crippen LogP contribution in [0.4, 0.5) is 0 Å². The molecule has 1 heterocycles. The first kappa shape index (κ1) is 14.3. The van der Waals surface area contributed by atoms with Gasteiger partial charge in [-0.3, -0.25) is 4.68 Å². The standard InChI is InChI=1S/C15H20BrN3/c1-3-14-10-15(19(2)18-14)9-13(17)8-11-4-6-12(16)7-5-11/h4-7,10,13H,3,8-9,17H2,1-2H3. The Morgan fingerprint density at radius 2 is 1.95 bits per heavy atom. The first-order valence-corrected chi connectivity index (χ1v) is 7.39. The summed E-state index contributed by atoms with van der Waals surface area (Å²) < 4.78 is 3.05. The quantitative estimate of drug-likeness (QED) is 0.920. The molecule has 0 saturated carbocycles. The lowest BCUT2D eigenvalue weighted by atomic mass is 10.0. The van der Waals surface area contributed by atoms with E-state index in [0.29, 0.717) is 0 Å². The number of rotatable bonds is 5. The topological polar surface area (TPSA) is 43.8 Å². The molecule has 1 unspecified atom stereocenters. The number of nitrogens with two attached hydrogens (primary N) is 1. The number of nitrogens with zero attached hydrogens (tertiary/aromatic N) is 2. The van der Waals surface area contributed by atoms with Crippen molar-refractivity contribution in [3.05, 3.63) is 51.8 Å². The summed E-state index contributed by atoms with van der Waals surface area (Å²) in [6, 6.07) is 10.6. The Bertz CT molecular complexity index is 531. The molecule has 0 saturated heterocycles. The minimum absolute atomic E-state index is 0.126. The summed E-state index contributed by atoms with van der Waals surface area (Å²) in [6.07, 6.45) is 2.72. The fourth-order valence-corrected chi connectivity index (χ4v) is 2.46. The molecule has 0 spiro atoms. The molecule has 0 amide bonds. The van der Waals surface area contributed by atoms with Crippen LogP contribution in [0.1, 0.15) is 23.9 Å². The average Bonchev–Trinajstić information content (AvgIpc) is 2.73. The van der Waals surface area contributed by atoms with E-state index < -0.39 is 0 Å². The first-order chi connectivity index (χ1) is 9.08. The first-order valence-electron chi connectivity index (χ1n) is 6.60. The van der Waals surface area contributed by atoms with Gasteiger partial charge in [0.25, 0.3) is 0 Å². The second kappa shape index (κ2) is 6.35. The predicted molar refractivity (Wildman–Crippen MR) is 82.1 cm³/mol. The summed E-state index contributed by atoms with van der Waals surface area (Å²) >= 11 is 3.44. The van der Waals surface area contributed by atoms with Crippen molar-refractivity contribution in [2.24, 2.45) is 12.8 Å². The largest absolute Gasteiger partial charge is 0.327 e. The van der Waals surface area contributed by atoms with E-state index in [9.17, 15) is 0 Å². The van der Waals surface area contributed by atoms with Crippen molar-refractivity contribution in [1.29, 1.82) is 0 Å². The number of aryl methyl sites for hydroxylation is 2. The highest BCUT2D eigenvalue weighted by atomic mass is 79.9. The van der Waals surface area contributed by atoms with Crippen molar-refractivity contribution < 1.29 is 0 Å².